The molecule has 2 saturated heterocycles. The molecule has 0 saturated carbocycles. The van der Waals surface area contributed by atoms with Crippen LogP contribution in [0.25, 0.3) is 11.1 Å². The molecule has 4 nitrogen and oxygen atoms in total. The van der Waals surface area contributed by atoms with Gasteiger partial charge in [0.25, 0.3) is 0 Å². The summed E-state index contributed by atoms with van der Waals surface area (Å²) < 4.78 is 23.2. The van der Waals surface area contributed by atoms with Gasteiger partial charge in [0.2, 0.25) is 0 Å². The summed E-state index contributed by atoms with van der Waals surface area (Å²) in [5.41, 5.74) is 5.30. The monoisotopic (exact) mass is 410 g/mol. The minimum absolute atomic E-state index is 0.209. The van der Waals surface area contributed by atoms with E-state index in [9.17, 15) is 0 Å². The quantitative estimate of drug-likeness (QED) is 0.508. The van der Waals surface area contributed by atoms with Crippen LogP contribution in [0.3, 0.4) is 0 Å². The Bertz CT molecular complexity index is 743. The van der Waals surface area contributed by atoms with Crippen LogP contribution < -0.4 is 0 Å². The third kappa shape index (κ3) is 4.62. The molecule has 0 bridgehead atoms. The predicted molar refractivity (Wildman–Crippen MR) is 118 cm³/mol. The Labute approximate surface area is 180 Å². The Morgan fingerprint density at radius 1 is 0.667 bits per heavy atom. The number of hydrogen-bond donors (Lipinski definition) is 0. The van der Waals surface area contributed by atoms with Crippen LogP contribution in [0.1, 0.15) is 37.8 Å². The second-order valence-corrected chi connectivity index (χ2v) is 8.99. The van der Waals surface area contributed by atoms with E-state index in [4.69, 9.17) is 18.9 Å². The van der Waals surface area contributed by atoms with Gasteiger partial charge in [-0.1, -0.05) is 62.4 Å². The lowest BCUT2D eigenvalue weighted by Gasteiger charge is -2.40. The lowest BCUT2D eigenvalue weighted by Crippen LogP contribution is -2.45. The summed E-state index contributed by atoms with van der Waals surface area (Å²) >= 11 is 0. The Morgan fingerprint density at radius 2 is 1.07 bits per heavy atom. The fourth-order valence-corrected chi connectivity index (χ4v) is 4.13. The highest BCUT2D eigenvalue weighted by Crippen LogP contribution is 2.34. The maximum absolute atomic E-state index is 6.16. The SMILES string of the molecule is CCC1(COCc2ccccc2-c2ccccc2COCC2(CC)COC2)COC1. The third-order valence-corrected chi connectivity index (χ3v) is 6.79. The van der Waals surface area contributed by atoms with Crippen LogP contribution >= 0.6 is 0 Å². The van der Waals surface area contributed by atoms with Gasteiger partial charge in [0, 0.05) is 10.8 Å². The van der Waals surface area contributed by atoms with Gasteiger partial charge < -0.3 is 18.9 Å². The Morgan fingerprint density at radius 3 is 1.40 bits per heavy atom. The molecule has 4 rings (SSSR count). The summed E-state index contributed by atoms with van der Waals surface area (Å²) in [5, 5.41) is 0. The van der Waals surface area contributed by atoms with E-state index < -0.39 is 0 Å². The first-order valence-corrected chi connectivity index (χ1v) is 11.2. The first-order chi connectivity index (χ1) is 14.7. The van der Waals surface area contributed by atoms with E-state index in [-0.39, 0.29) is 10.8 Å². The molecule has 0 N–H and O–H groups in total. The van der Waals surface area contributed by atoms with Gasteiger partial charge >= 0.3 is 0 Å². The fraction of sp³-hybridized carbons (Fsp3) is 0.538. The number of ether oxygens (including phenoxy) is 4. The highest BCUT2D eigenvalue weighted by Gasteiger charge is 2.37. The second kappa shape index (κ2) is 9.61. The smallest absolute Gasteiger partial charge is 0.0723 e. The molecule has 2 aliphatic rings. The van der Waals surface area contributed by atoms with Crippen molar-refractivity contribution >= 4 is 0 Å². The fourth-order valence-electron chi connectivity index (χ4n) is 4.13. The molecule has 2 aromatic carbocycles. The summed E-state index contributed by atoms with van der Waals surface area (Å²) in [5.74, 6) is 0. The zero-order chi connectivity index (χ0) is 20.9. The van der Waals surface area contributed by atoms with Gasteiger partial charge in [-0.05, 0) is 35.1 Å². The van der Waals surface area contributed by atoms with E-state index in [0.717, 1.165) is 52.5 Å². The predicted octanol–water partition coefficient (Wildman–Crippen LogP) is 5.24. The molecule has 0 unspecified atom stereocenters. The molecule has 0 aliphatic carbocycles. The van der Waals surface area contributed by atoms with Gasteiger partial charge in [0.05, 0.1) is 52.9 Å². The molecular weight excluding hydrogens is 376 g/mol. The highest BCUT2D eigenvalue weighted by atomic mass is 16.5. The van der Waals surface area contributed by atoms with Gasteiger partial charge in [-0.3, -0.25) is 0 Å². The Balaban J connectivity index is 1.43. The average molecular weight is 411 g/mol. The van der Waals surface area contributed by atoms with Crippen LogP contribution in [-0.4, -0.2) is 39.6 Å². The zero-order valence-corrected chi connectivity index (χ0v) is 18.3. The van der Waals surface area contributed by atoms with Crippen LogP contribution in [0.15, 0.2) is 48.5 Å². The molecule has 0 atom stereocenters. The highest BCUT2D eigenvalue weighted by molar-refractivity contribution is 5.70. The van der Waals surface area contributed by atoms with E-state index in [0.29, 0.717) is 13.2 Å². The molecule has 2 heterocycles. The van der Waals surface area contributed by atoms with E-state index >= 15 is 0 Å². The van der Waals surface area contributed by atoms with Crippen LogP contribution in [0.4, 0.5) is 0 Å². The van der Waals surface area contributed by atoms with Crippen molar-refractivity contribution in [3.63, 3.8) is 0 Å². The normalized spacial score (nSPS) is 19.1. The molecule has 162 valence electrons. The largest absolute Gasteiger partial charge is 0.380 e. The standard InChI is InChI=1S/C26H34O4/c1-3-25(17-29-18-25)15-27-13-21-9-5-7-11-23(21)24-12-8-6-10-22(24)14-28-16-26(4-2)19-30-20-26/h5-12H,3-4,13-20H2,1-2H3. The van der Waals surface area contributed by atoms with Gasteiger partial charge in [-0.25, -0.2) is 0 Å². The molecule has 2 aromatic rings. The molecule has 0 aromatic heterocycles. The van der Waals surface area contributed by atoms with Gasteiger partial charge in [-0.2, -0.15) is 0 Å². The topological polar surface area (TPSA) is 36.9 Å². The van der Waals surface area contributed by atoms with E-state index in [2.05, 4.69) is 62.4 Å². The molecule has 0 spiro atoms. The van der Waals surface area contributed by atoms with Crippen molar-refractivity contribution in [1.82, 2.24) is 0 Å². The molecule has 0 amide bonds. The molecule has 30 heavy (non-hydrogen) atoms. The minimum Gasteiger partial charge on any atom is -0.380 e. The molecule has 4 heteroatoms. The van der Waals surface area contributed by atoms with Crippen LogP contribution in [0.5, 0.6) is 0 Å². The number of hydrogen-bond acceptors (Lipinski definition) is 4. The summed E-state index contributed by atoms with van der Waals surface area (Å²) in [6, 6.07) is 17.1. The summed E-state index contributed by atoms with van der Waals surface area (Å²) in [6.45, 7) is 10.4. The van der Waals surface area contributed by atoms with Crippen molar-refractivity contribution in [2.24, 2.45) is 10.8 Å². The summed E-state index contributed by atoms with van der Waals surface area (Å²) in [7, 11) is 0. The van der Waals surface area contributed by atoms with E-state index in [1.165, 1.54) is 22.3 Å². The summed E-state index contributed by atoms with van der Waals surface area (Å²) in [6.07, 6.45) is 2.19. The lowest BCUT2D eigenvalue weighted by atomic mass is 9.84. The molecule has 2 fully saturated rings. The van der Waals surface area contributed by atoms with Crippen molar-refractivity contribution in [3.05, 3.63) is 59.7 Å². The summed E-state index contributed by atoms with van der Waals surface area (Å²) in [4.78, 5) is 0. The Hall–Kier alpha value is -1.72. The lowest BCUT2D eigenvalue weighted by molar-refractivity contribution is -0.152. The minimum atomic E-state index is 0.209. The number of benzene rings is 2. The average Bonchev–Trinajstić information content (AvgIpc) is 2.73. The van der Waals surface area contributed by atoms with E-state index in [1.54, 1.807) is 0 Å². The van der Waals surface area contributed by atoms with Gasteiger partial charge in [-0.15, -0.1) is 0 Å². The van der Waals surface area contributed by atoms with Gasteiger partial charge in [0.15, 0.2) is 0 Å². The van der Waals surface area contributed by atoms with Crippen molar-refractivity contribution in [2.45, 2.75) is 39.9 Å². The van der Waals surface area contributed by atoms with Crippen molar-refractivity contribution < 1.29 is 18.9 Å². The maximum atomic E-state index is 6.16. The first-order valence-electron chi connectivity index (χ1n) is 11.2. The number of rotatable bonds is 11. The van der Waals surface area contributed by atoms with Crippen molar-refractivity contribution in [1.29, 1.82) is 0 Å². The zero-order valence-electron chi connectivity index (χ0n) is 18.3. The molecule has 2 aliphatic heterocycles. The van der Waals surface area contributed by atoms with Crippen molar-refractivity contribution in [3.8, 4) is 11.1 Å². The van der Waals surface area contributed by atoms with Crippen LogP contribution in [0, 0.1) is 10.8 Å². The van der Waals surface area contributed by atoms with E-state index in [1.807, 2.05) is 0 Å². The Kier molecular flexibility index (Phi) is 6.89. The molecule has 0 radical (unpaired) electrons. The molecular formula is C26H34O4. The van der Waals surface area contributed by atoms with Crippen LogP contribution in [-0.2, 0) is 32.2 Å². The van der Waals surface area contributed by atoms with Gasteiger partial charge in [0.1, 0.15) is 0 Å². The first kappa shape index (κ1) is 21.5. The third-order valence-electron chi connectivity index (χ3n) is 6.79. The maximum Gasteiger partial charge on any atom is 0.0723 e. The van der Waals surface area contributed by atoms with Crippen molar-refractivity contribution in [2.75, 3.05) is 39.6 Å². The van der Waals surface area contributed by atoms with Crippen LogP contribution in [0.2, 0.25) is 0 Å². The second-order valence-electron chi connectivity index (χ2n) is 8.99.